The van der Waals surface area contributed by atoms with E-state index in [2.05, 4.69) is 0 Å². The first-order chi connectivity index (χ1) is 10.6. The van der Waals surface area contributed by atoms with Crippen LogP contribution in [0.3, 0.4) is 0 Å². The van der Waals surface area contributed by atoms with E-state index in [4.69, 9.17) is 4.74 Å². The van der Waals surface area contributed by atoms with Gasteiger partial charge in [-0.3, -0.25) is 14.5 Å². The molecule has 0 N–H and O–H groups in total. The van der Waals surface area contributed by atoms with Crippen molar-refractivity contribution in [3.63, 3.8) is 0 Å². The number of hydrogen-bond donors (Lipinski definition) is 0. The highest BCUT2D eigenvalue weighted by Gasteiger charge is 2.38. The van der Waals surface area contributed by atoms with Crippen LogP contribution in [-0.4, -0.2) is 41.7 Å². The maximum atomic E-state index is 12.6. The minimum Gasteiger partial charge on any atom is -0.379 e. The van der Waals surface area contributed by atoms with Crippen molar-refractivity contribution >= 4 is 40.5 Å². The van der Waals surface area contributed by atoms with Crippen molar-refractivity contribution in [1.29, 1.82) is 0 Å². The van der Waals surface area contributed by atoms with Crippen LogP contribution in [0.5, 0.6) is 0 Å². The summed E-state index contributed by atoms with van der Waals surface area (Å²) in [6, 6.07) is 3.80. The highest BCUT2D eigenvalue weighted by atomic mass is 32.2. The van der Waals surface area contributed by atoms with Gasteiger partial charge in [0.15, 0.2) is 0 Å². The van der Waals surface area contributed by atoms with Gasteiger partial charge >= 0.3 is 0 Å². The number of hydrogen-bond acceptors (Lipinski definition) is 5. The molecule has 0 bridgehead atoms. The molecule has 0 spiro atoms. The third kappa shape index (κ3) is 3.80. The van der Waals surface area contributed by atoms with Gasteiger partial charge in [0.05, 0.1) is 16.6 Å². The molecule has 2 amide bonds. The first-order valence-electron chi connectivity index (χ1n) is 7.45. The smallest absolute Gasteiger partial charge is 0.268 e. The van der Waals surface area contributed by atoms with Crippen molar-refractivity contribution < 1.29 is 14.3 Å². The van der Waals surface area contributed by atoms with E-state index in [0.29, 0.717) is 30.1 Å². The molecule has 0 saturated heterocycles. The van der Waals surface area contributed by atoms with Crippen LogP contribution < -0.4 is 0 Å². The SMILES string of the molecule is CCSC1=C(c2cccs2)C(=O)N(CCCOC(C)C)C1=O. The maximum Gasteiger partial charge on any atom is 0.268 e. The van der Waals surface area contributed by atoms with Gasteiger partial charge in [0.1, 0.15) is 0 Å². The lowest BCUT2D eigenvalue weighted by atomic mass is 10.2. The zero-order chi connectivity index (χ0) is 16.1. The highest BCUT2D eigenvalue weighted by molar-refractivity contribution is 8.04. The molecule has 22 heavy (non-hydrogen) atoms. The van der Waals surface area contributed by atoms with Gasteiger partial charge in [0, 0.05) is 18.0 Å². The second-order valence-electron chi connectivity index (χ2n) is 5.15. The standard InChI is InChI=1S/C16H21NO3S2/c1-4-21-14-13(12-7-5-10-22-12)15(18)17(16(14)19)8-6-9-20-11(2)3/h5,7,10-11H,4,6,8-9H2,1-3H3. The van der Waals surface area contributed by atoms with Crippen LogP contribution >= 0.6 is 23.1 Å². The summed E-state index contributed by atoms with van der Waals surface area (Å²) in [4.78, 5) is 28.0. The average molecular weight is 339 g/mol. The molecular weight excluding hydrogens is 318 g/mol. The van der Waals surface area contributed by atoms with Crippen molar-refractivity contribution in [3.8, 4) is 0 Å². The lowest BCUT2D eigenvalue weighted by molar-refractivity contribution is -0.136. The zero-order valence-electron chi connectivity index (χ0n) is 13.1. The average Bonchev–Trinajstić information content (AvgIpc) is 3.06. The molecule has 120 valence electrons. The lowest BCUT2D eigenvalue weighted by Crippen LogP contribution is -2.33. The van der Waals surface area contributed by atoms with Gasteiger partial charge in [-0.15, -0.1) is 23.1 Å². The van der Waals surface area contributed by atoms with Gasteiger partial charge in [-0.1, -0.05) is 13.0 Å². The summed E-state index contributed by atoms with van der Waals surface area (Å²) in [6.07, 6.45) is 0.827. The Bertz CT molecular complexity index is 564. The Morgan fingerprint density at radius 2 is 2.09 bits per heavy atom. The van der Waals surface area contributed by atoms with E-state index < -0.39 is 0 Å². The van der Waals surface area contributed by atoms with Crippen LogP contribution in [-0.2, 0) is 14.3 Å². The number of amides is 2. The van der Waals surface area contributed by atoms with E-state index in [1.165, 1.54) is 28.0 Å². The minimum atomic E-state index is -0.173. The molecule has 0 unspecified atom stereocenters. The summed E-state index contributed by atoms with van der Waals surface area (Å²) >= 11 is 2.94. The van der Waals surface area contributed by atoms with Gasteiger partial charge in [-0.05, 0) is 37.5 Å². The Hall–Kier alpha value is -1.11. The van der Waals surface area contributed by atoms with Gasteiger partial charge in [0.25, 0.3) is 11.8 Å². The number of imide groups is 1. The molecule has 0 aromatic carbocycles. The third-order valence-electron chi connectivity index (χ3n) is 3.16. The van der Waals surface area contributed by atoms with E-state index in [0.717, 1.165) is 10.6 Å². The van der Waals surface area contributed by atoms with Crippen LogP contribution in [0.25, 0.3) is 5.57 Å². The van der Waals surface area contributed by atoms with Gasteiger partial charge in [-0.25, -0.2) is 0 Å². The molecule has 0 fully saturated rings. The van der Waals surface area contributed by atoms with Crippen LogP contribution in [0.4, 0.5) is 0 Å². The van der Waals surface area contributed by atoms with Crippen molar-refractivity contribution in [2.24, 2.45) is 0 Å². The topological polar surface area (TPSA) is 46.6 Å². The monoisotopic (exact) mass is 339 g/mol. The summed E-state index contributed by atoms with van der Waals surface area (Å²) < 4.78 is 5.48. The molecular formula is C16H21NO3S2. The number of thioether (sulfide) groups is 1. The van der Waals surface area contributed by atoms with Gasteiger partial charge in [0.2, 0.25) is 0 Å². The number of rotatable bonds is 8. The first kappa shape index (κ1) is 17.2. The summed E-state index contributed by atoms with van der Waals surface area (Å²) in [5, 5.41) is 1.92. The van der Waals surface area contributed by atoms with Gasteiger partial charge in [-0.2, -0.15) is 0 Å². The molecule has 0 radical (unpaired) electrons. The normalized spacial score (nSPS) is 15.5. The largest absolute Gasteiger partial charge is 0.379 e. The molecule has 0 saturated carbocycles. The zero-order valence-corrected chi connectivity index (χ0v) is 14.8. The quantitative estimate of drug-likeness (QED) is 0.538. The minimum absolute atomic E-state index is 0.162. The molecule has 0 atom stereocenters. The van der Waals surface area contributed by atoms with E-state index in [9.17, 15) is 9.59 Å². The maximum absolute atomic E-state index is 12.6. The number of thiophene rings is 1. The Kier molecular flexibility index (Phi) is 6.23. The van der Waals surface area contributed by atoms with E-state index in [-0.39, 0.29) is 17.9 Å². The summed E-state index contributed by atoms with van der Waals surface area (Å²) in [5.74, 6) is 0.436. The fraction of sp³-hybridized carbons (Fsp3) is 0.500. The molecule has 2 heterocycles. The molecule has 1 aliphatic rings. The predicted octanol–water partition coefficient (Wildman–Crippen LogP) is 3.40. The number of carbonyl (C=O) groups is 2. The lowest BCUT2D eigenvalue weighted by Gasteiger charge is -2.15. The van der Waals surface area contributed by atoms with E-state index in [1.54, 1.807) is 0 Å². The fourth-order valence-electron chi connectivity index (χ4n) is 2.21. The molecule has 6 heteroatoms. The van der Waals surface area contributed by atoms with Crippen molar-refractivity contribution in [1.82, 2.24) is 4.90 Å². The Morgan fingerprint density at radius 3 is 2.68 bits per heavy atom. The summed E-state index contributed by atoms with van der Waals surface area (Å²) in [7, 11) is 0. The molecule has 1 aliphatic heterocycles. The Morgan fingerprint density at radius 1 is 1.32 bits per heavy atom. The fourth-order valence-corrected chi connectivity index (χ4v) is 3.91. The van der Waals surface area contributed by atoms with Crippen LogP contribution in [0, 0.1) is 0 Å². The van der Waals surface area contributed by atoms with E-state index >= 15 is 0 Å². The summed E-state index contributed by atoms with van der Waals surface area (Å²) in [5.41, 5.74) is 0.566. The Labute approximate surface area is 139 Å². The van der Waals surface area contributed by atoms with E-state index in [1.807, 2.05) is 38.3 Å². The van der Waals surface area contributed by atoms with Crippen molar-refractivity contribution in [2.45, 2.75) is 33.3 Å². The first-order valence-corrected chi connectivity index (χ1v) is 9.31. The van der Waals surface area contributed by atoms with Gasteiger partial charge < -0.3 is 4.74 Å². The van der Waals surface area contributed by atoms with Crippen LogP contribution in [0.15, 0.2) is 22.4 Å². The summed E-state index contributed by atoms with van der Waals surface area (Å²) in [6.45, 7) is 6.89. The number of carbonyl (C=O) groups excluding carboxylic acids is 2. The molecule has 1 aromatic heterocycles. The third-order valence-corrected chi connectivity index (χ3v) is 5.00. The van der Waals surface area contributed by atoms with Crippen LogP contribution in [0.1, 0.15) is 32.1 Å². The van der Waals surface area contributed by atoms with Crippen molar-refractivity contribution in [3.05, 3.63) is 27.3 Å². The second kappa shape index (κ2) is 7.94. The molecule has 2 rings (SSSR count). The highest BCUT2D eigenvalue weighted by Crippen LogP contribution is 2.37. The van der Waals surface area contributed by atoms with Crippen molar-refractivity contribution in [2.75, 3.05) is 18.9 Å². The van der Waals surface area contributed by atoms with Crippen LogP contribution in [0.2, 0.25) is 0 Å². The number of ether oxygens (including phenoxy) is 1. The predicted molar refractivity (Wildman–Crippen MR) is 91.8 cm³/mol. The number of nitrogens with zero attached hydrogens (tertiary/aromatic N) is 1. The molecule has 0 aliphatic carbocycles. The second-order valence-corrected chi connectivity index (χ2v) is 7.37. The molecule has 1 aromatic rings. The Balaban J connectivity index is 2.11. The molecule has 4 nitrogen and oxygen atoms in total.